The Balaban J connectivity index is 2.22. The summed E-state index contributed by atoms with van der Waals surface area (Å²) in [4.78, 5) is 23.8. The number of pyridine rings is 1. The molecule has 0 aliphatic carbocycles. The normalized spacial score (nSPS) is 11.6. The minimum Gasteiger partial charge on any atom is -0.425 e. The molecule has 24 heavy (non-hydrogen) atoms. The van der Waals surface area contributed by atoms with E-state index < -0.39 is 29.8 Å². The van der Waals surface area contributed by atoms with Gasteiger partial charge in [0.05, 0.1) is 0 Å². The van der Waals surface area contributed by atoms with Crippen LogP contribution in [-0.4, -0.2) is 10.5 Å². The fourth-order valence-corrected chi connectivity index (χ4v) is 2.22. The summed E-state index contributed by atoms with van der Waals surface area (Å²) in [5.74, 6) is -0.382. The van der Waals surface area contributed by atoms with Gasteiger partial charge in [0.15, 0.2) is 0 Å². The smallest absolute Gasteiger partial charge is 0.421 e. The molecule has 4 nitrogen and oxygen atoms in total. The fourth-order valence-electron chi connectivity index (χ4n) is 2.22. The van der Waals surface area contributed by atoms with Crippen LogP contribution in [0.3, 0.4) is 0 Å². The quantitative estimate of drug-likeness (QED) is 0.632. The van der Waals surface area contributed by atoms with Crippen LogP contribution in [-0.2, 0) is 17.5 Å². The van der Waals surface area contributed by atoms with Crippen LogP contribution >= 0.6 is 0 Å². The van der Waals surface area contributed by atoms with E-state index in [9.17, 15) is 22.8 Å². The number of ether oxygens (including phenoxy) is 1. The first-order valence-electron chi connectivity index (χ1n) is 7.26. The van der Waals surface area contributed by atoms with Crippen molar-refractivity contribution in [3.8, 4) is 5.75 Å². The highest BCUT2D eigenvalue weighted by Gasteiger charge is 2.34. The largest absolute Gasteiger partial charge is 0.425 e. The molecule has 2 aromatic rings. The van der Waals surface area contributed by atoms with E-state index in [1.54, 1.807) is 24.3 Å². The van der Waals surface area contributed by atoms with Crippen molar-refractivity contribution in [3.63, 3.8) is 0 Å². The highest BCUT2D eigenvalue weighted by molar-refractivity contribution is 5.72. The third kappa shape index (κ3) is 4.04. The Morgan fingerprint density at radius 2 is 1.83 bits per heavy atom. The highest BCUT2D eigenvalue weighted by atomic mass is 19.4. The number of para-hydroxylation sites is 1. The molecule has 0 bridgehead atoms. The minimum absolute atomic E-state index is 0.102. The number of nitrogens with zero attached hydrogens (tertiary/aromatic N) is 1. The number of benzene rings is 1. The van der Waals surface area contributed by atoms with Gasteiger partial charge < -0.3 is 9.30 Å². The number of alkyl halides is 3. The summed E-state index contributed by atoms with van der Waals surface area (Å²) in [6.07, 6.45) is -3.65. The molecule has 0 amide bonds. The maximum atomic E-state index is 12.7. The zero-order valence-corrected chi connectivity index (χ0v) is 13.1. The van der Waals surface area contributed by atoms with E-state index in [2.05, 4.69) is 0 Å². The lowest BCUT2D eigenvalue weighted by Crippen LogP contribution is -2.31. The second kappa shape index (κ2) is 6.90. The molecular weight excluding hydrogens is 323 g/mol. The van der Waals surface area contributed by atoms with E-state index in [1.165, 1.54) is 0 Å². The van der Waals surface area contributed by atoms with Crippen LogP contribution in [0.2, 0.25) is 0 Å². The van der Waals surface area contributed by atoms with Crippen molar-refractivity contribution in [2.24, 2.45) is 0 Å². The molecular formula is C17H16F3NO3. The van der Waals surface area contributed by atoms with Crippen LogP contribution in [0.4, 0.5) is 13.2 Å². The van der Waals surface area contributed by atoms with Crippen molar-refractivity contribution < 1.29 is 22.7 Å². The maximum absolute atomic E-state index is 12.7. The van der Waals surface area contributed by atoms with Crippen molar-refractivity contribution in [3.05, 3.63) is 64.1 Å². The summed E-state index contributed by atoms with van der Waals surface area (Å²) in [6.45, 7) is 3.24. The van der Waals surface area contributed by atoms with Gasteiger partial charge in [-0.3, -0.25) is 4.79 Å². The first kappa shape index (κ1) is 17.8. The van der Waals surface area contributed by atoms with E-state index in [4.69, 9.17) is 4.74 Å². The molecule has 0 saturated carbocycles. The van der Waals surface area contributed by atoms with Gasteiger partial charge in [0.2, 0.25) is 0 Å². The molecule has 0 spiro atoms. The number of halogens is 3. The average Bonchev–Trinajstić information content (AvgIpc) is 2.48. The van der Waals surface area contributed by atoms with Gasteiger partial charge in [-0.1, -0.05) is 32.0 Å². The van der Waals surface area contributed by atoms with E-state index in [0.29, 0.717) is 16.4 Å². The Labute approximate surface area is 136 Å². The summed E-state index contributed by atoms with van der Waals surface area (Å²) in [6, 6.07) is 8.62. The van der Waals surface area contributed by atoms with E-state index in [0.717, 1.165) is 17.8 Å². The van der Waals surface area contributed by atoms with Crippen LogP contribution in [0.25, 0.3) is 0 Å². The van der Waals surface area contributed by atoms with Gasteiger partial charge in [-0.05, 0) is 29.7 Å². The Hall–Kier alpha value is -2.57. The SMILES string of the molecule is CC(C)c1ccccc1OC(=O)Cn1cccc(C(F)(F)F)c1=O. The Kier molecular flexibility index (Phi) is 5.11. The molecule has 0 N–H and O–H groups in total. The van der Waals surface area contributed by atoms with Crippen LogP contribution in [0, 0.1) is 0 Å². The second-order valence-electron chi connectivity index (χ2n) is 5.52. The first-order chi connectivity index (χ1) is 11.2. The molecule has 1 aromatic carbocycles. The molecule has 0 fully saturated rings. The maximum Gasteiger partial charge on any atom is 0.421 e. The number of hydrogen-bond acceptors (Lipinski definition) is 3. The monoisotopic (exact) mass is 339 g/mol. The lowest BCUT2D eigenvalue weighted by molar-refractivity contribution is -0.140. The number of carbonyl (C=O) groups is 1. The average molecular weight is 339 g/mol. The Morgan fingerprint density at radius 3 is 2.46 bits per heavy atom. The van der Waals surface area contributed by atoms with E-state index in [1.807, 2.05) is 13.8 Å². The van der Waals surface area contributed by atoms with Crippen molar-refractivity contribution in [2.75, 3.05) is 0 Å². The summed E-state index contributed by atoms with van der Waals surface area (Å²) < 4.78 is 44.1. The van der Waals surface area contributed by atoms with Crippen molar-refractivity contribution in [1.29, 1.82) is 0 Å². The summed E-state index contributed by atoms with van der Waals surface area (Å²) in [5.41, 5.74) is -1.80. The van der Waals surface area contributed by atoms with E-state index >= 15 is 0 Å². The van der Waals surface area contributed by atoms with Crippen molar-refractivity contribution >= 4 is 5.97 Å². The lowest BCUT2D eigenvalue weighted by Gasteiger charge is -2.13. The molecule has 0 radical (unpaired) electrons. The van der Waals surface area contributed by atoms with Gasteiger partial charge in [0.1, 0.15) is 17.9 Å². The molecule has 0 aliphatic heterocycles. The number of esters is 1. The predicted molar refractivity (Wildman–Crippen MR) is 81.9 cm³/mol. The molecule has 128 valence electrons. The first-order valence-corrected chi connectivity index (χ1v) is 7.26. The van der Waals surface area contributed by atoms with Gasteiger partial charge in [0, 0.05) is 6.20 Å². The number of hydrogen-bond donors (Lipinski definition) is 0. The van der Waals surface area contributed by atoms with Crippen molar-refractivity contribution in [1.82, 2.24) is 4.57 Å². The number of carbonyl (C=O) groups excluding carboxylic acids is 1. The fraction of sp³-hybridized carbons (Fsp3) is 0.294. The molecule has 0 atom stereocenters. The summed E-state index contributed by atoms with van der Waals surface area (Å²) in [7, 11) is 0. The van der Waals surface area contributed by atoms with Gasteiger partial charge in [-0.2, -0.15) is 13.2 Å². The summed E-state index contributed by atoms with van der Waals surface area (Å²) >= 11 is 0. The third-order valence-corrected chi connectivity index (χ3v) is 3.39. The standard InChI is InChI=1S/C17H16F3NO3/c1-11(2)12-6-3-4-8-14(12)24-15(22)10-21-9-5-7-13(16(21)23)17(18,19)20/h3-9,11H,10H2,1-2H3. The predicted octanol–water partition coefficient (Wildman–Crippen LogP) is 3.60. The van der Waals surface area contributed by atoms with Gasteiger partial charge in [-0.15, -0.1) is 0 Å². The van der Waals surface area contributed by atoms with Crippen LogP contribution < -0.4 is 10.3 Å². The van der Waals surface area contributed by atoms with Crippen LogP contribution in [0.5, 0.6) is 5.75 Å². The topological polar surface area (TPSA) is 48.3 Å². The molecule has 0 saturated heterocycles. The molecule has 2 rings (SSSR count). The number of aromatic nitrogens is 1. The van der Waals surface area contributed by atoms with Crippen LogP contribution in [0.1, 0.15) is 30.9 Å². The summed E-state index contributed by atoms with van der Waals surface area (Å²) in [5, 5.41) is 0. The zero-order valence-electron chi connectivity index (χ0n) is 13.1. The third-order valence-electron chi connectivity index (χ3n) is 3.39. The number of rotatable bonds is 4. The second-order valence-corrected chi connectivity index (χ2v) is 5.52. The van der Waals surface area contributed by atoms with E-state index in [-0.39, 0.29) is 5.92 Å². The molecule has 7 heteroatoms. The lowest BCUT2D eigenvalue weighted by atomic mass is 10.0. The van der Waals surface area contributed by atoms with Crippen LogP contribution in [0.15, 0.2) is 47.4 Å². The Bertz CT molecular complexity index is 794. The minimum atomic E-state index is -4.77. The molecule has 0 aliphatic rings. The highest BCUT2D eigenvalue weighted by Crippen LogP contribution is 2.27. The molecule has 1 heterocycles. The van der Waals surface area contributed by atoms with Crippen molar-refractivity contribution in [2.45, 2.75) is 32.5 Å². The molecule has 0 unspecified atom stereocenters. The zero-order chi connectivity index (χ0) is 17.9. The van der Waals surface area contributed by atoms with Gasteiger partial charge in [0.25, 0.3) is 5.56 Å². The Morgan fingerprint density at radius 1 is 1.17 bits per heavy atom. The van der Waals surface area contributed by atoms with Gasteiger partial charge >= 0.3 is 12.1 Å². The molecule has 1 aromatic heterocycles. The van der Waals surface area contributed by atoms with Gasteiger partial charge in [-0.25, -0.2) is 4.79 Å².